The minimum absolute atomic E-state index is 0.0685. The zero-order valence-electron chi connectivity index (χ0n) is 14.9. The molecule has 0 saturated carbocycles. The molecule has 2 aliphatic rings. The number of aromatic amines is 1. The average molecular weight is 346 g/mol. The van der Waals surface area contributed by atoms with E-state index in [1.54, 1.807) is 11.3 Å². The van der Waals surface area contributed by atoms with Crippen molar-refractivity contribution < 1.29 is 0 Å². The lowest BCUT2D eigenvalue weighted by Crippen LogP contribution is -2.37. The van der Waals surface area contributed by atoms with Gasteiger partial charge in [-0.15, -0.1) is 11.3 Å². The molecule has 1 aliphatic carbocycles. The van der Waals surface area contributed by atoms with Gasteiger partial charge in [-0.05, 0) is 63.0 Å². The Morgan fingerprint density at radius 3 is 2.92 bits per heavy atom. The number of aromatic nitrogens is 2. The van der Waals surface area contributed by atoms with Crippen LogP contribution in [0.5, 0.6) is 0 Å². The fraction of sp³-hybridized carbons (Fsp3) is 0.684. The molecule has 1 N–H and O–H groups in total. The second-order valence-electron chi connectivity index (χ2n) is 7.90. The molecule has 0 unspecified atom stereocenters. The molecule has 0 spiro atoms. The molecule has 3 heterocycles. The van der Waals surface area contributed by atoms with Crippen LogP contribution in [-0.4, -0.2) is 28.0 Å². The maximum Gasteiger partial charge on any atom is 0.259 e. The van der Waals surface area contributed by atoms with Gasteiger partial charge in [0, 0.05) is 11.4 Å². The lowest BCUT2D eigenvalue weighted by Gasteiger charge is -2.34. The number of hydrogen-bond donors (Lipinski definition) is 1. The number of nitrogens with one attached hydrogen (secondary N) is 1. The highest BCUT2D eigenvalue weighted by Gasteiger charge is 2.26. The number of rotatable bonds is 2. The van der Waals surface area contributed by atoms with Gasteiger partial charge in [0.15, 0.2) is 0 Å². The van der Waals surface area contributed by atoms with E-state index in [9.17, 15) is 4.79 Å². The first-order valence-electron chi connectivity index (χ1n) is 9.31. The monoisotopic (exact) mass is 345 g/mol. The molecule has 24 heavy (non-hydrogen) atoms. The van der Waals surface area contributed by atoms with Crippen molar-refractivity contribution in [1.82, 2.24) is 14.9 Å². The largest absolute Gasteiger partial charge is 0.309 e. The Hall–Kier alpha value is -1.20. The van der Waals surface area contributed by atoms with E-state index in [0.29, 0.717) is 0 Å². The van der Waals surface area contributed by atoms with Crippen LogP contribution in [0.3, 0.4) is 0 Å². The Balaban J connectivity index is 1.71. The van der Waals surface area contributed by atoms with Crippen LogP contribution in [0.2, 0.25) is 0 Å². The van der Waals surface area contributed by atoms with E-state index < -0.39 is 0 Å². The van der Waals surface area contributed by atoms with Gasteiger partial charge in [-0.1, -0.05) is 13.8 Å². The number of fused-ring (bicyclic) bond motifs is 3. The molecule has 4 nitrogen and oxygen atoms in total. The van der Waals surface area contributed by atoms with Crippen LogP contribution in [-0.2, 0) is 12.8 Å². The van der Waals surface area contributed by atoms with Crippen molar-refractivity contribution in [3.63, 3.8) is 0 Å². The van der Waals surface area contributed by atoms with Crippen LogP contribution in [0.15, 0.2) is 4.79 Å². The fourth-order valence-electron chi connectivity index (χ4n) is 4.31. The third kappa shape index (κ3) is 2.82. The summed E-state index contributed by atoms with van der Waals surface area (Å²) < 4.78 is 0. The predicted molar refractivity (Wildman–Crippen MR) is 99.8 cm³/mol. The van der Waals surface area contributed by atoms with Gasteiger partial charge >= 0.3 is 0 Å². The minimum atomic E-state index is 0.0685. The van der Waals surface area contributed by atoms with Gasteiger partial charge in [0.25, 0.3) is 5.56 Å². The van der Waals surface area contributed by atoms with Crippen molar-refractivity contribution in [2.45, 2.75) is 58.9 Å². The molecule has 0 radical (unpaired) electrons. The summed E-state index contributed by atoms with van der Waals surface area (Å²) >= 11 is 1.75. The van der Waals surface area contributed by atoms with Crippen LogP contribution in [0, 0.1) is 11.8 Å². The van der Waals surface area contributed by atoms with E-state index >= 15 is 0 Å². The standard InChI is InChI=1S/C19H27N3OS/c1-11-6-7-14-15(9-11)24-19-16(14)18(23)20-17(21-19)13(3)22-8-4-5-12(2)10-22/h11-13H,4-10H2,1-3H3,(H,20,21,23)/t11-,12-,13+/m0/s1. The SMILES string of the molecule is C[C@H]1CCc2c(sc3nc([C@@H](C)N4CCC[C@H](C)C4)[nH]c(=O)c23)C1. The molecule has 0 aromatic carbocycles. The van der Waals surface area contributed by atoms with Crippen molar-refractivity contribution >= 4 is 21.6 Å². The Labute approximate surface area is 147 Å². The first-order chi connectivity index (χ1) is 11.5. The Bertz CT molecular complexity index is 809. The molecule has 0 bridgehead atoms. The summed E-state index contributed by atoms with van der Waals surface area (Å²) in [5.74, 6) is 2.29. The van der Waals surface area contributed by atoms with Crippen LogP contribution in [0.1, 0.15) is 62.3 Å². The van der Waals surface area contributed by atoms with E-state index in [0.717, 1.165) is 53.8 Å². The topological polar surface area (TPSA) is 49.0 Å². The third-order valence-corrected chi connectivity index (χ3v) is 6.96. The Morgan fingerprint density at radius 2 is 2.12 bits per heavy atom. The van der Waals surface area contributed by atoms with E-state index in [1.807, 2.05) is 0 Å². The molecular weight excluding hydrogens is 318 g/mol. The number of H-pyrrole nitrogens is 1. The molecule has 1 aliphatic heterocycles. The molecule has 4 rings (SSSR count). The second kappa shape index (κ2) is 6.26. The highest BCUT2D eigenvalue weighted by molar-refractivity contribution is 7.18. The lowest BCUT2D eigenvalue weighted by atomic mass is 9.89. The zero-order chi connectivity index (χ0) is 16.8. The van der Waals surface area contributed by atoms with Crippen LogP contribution < -0.4 is 5.56 Å². The van der Waals surface area contributed by atoms with Crippen molar-refractivity contribution in [2.75, 3.05) is 13.1 Å². The number of aryl methyl sites for hydroxylation is 1. The number of thiophene rings is 1. The summed E-state index contributed by atoms with van der Waals surface area (Å²) in [6.45, 7) is 8.99. The van der Waals surface area contributed by atoms with Gasteiger partial charge in [0.05, 0.1) is 11.4 Å². The molecule has 2 aromatic heterocycles. The Kier molecular flexibility index (Phi) is 4.25. The summed E-state index contributed by atoms with van der Waals surface area (Å²) in [6, 6.07) is 0.183. The highest BCUT2D eigenvalue weighted by atomic mass is 32.1. The third-order valence-electron chi connectivity index (χ3n) is 5.82. The first kappa shape index (κ1) is 16.3. The van der Waals surface area contributed by atoms with E-state index in [-0.39, 0.29) is 11.6 Å². The molecule has 1 fully saturated rings. The van der Waals surface area contributed by atoms with E-state index in [2.05, 4.69) is 30.7 Å². The summed E-state index contributed by atoms with van der Waals surface area (Å²) in [7, 11) is 0. The van der Waals surface area contributed by atoms with E-state index in [1.165, 1.54) is 29.7 Å². The van der Waals surface area contributed by atoms with Crippen LogP contribution in [0.4, 0.5) is 0 Å². The van der Waals surface area contributed by atoms with Gasteiger partial charge < -0.3 is 4.98 Å². The van der Waals surface area contributed by atoms with E-state index in [4.69, 9.17) is 4.98 Å². The van der Waals surface area contributed by atoms with Gasteiger partial charge in [-0.2, -0.15) is 0 Å². The molecule has 1 saturated heterocycles. The van der Waals surface area contributed by atoms with Gasteiger partial charge in [0.2, 0.25) is 0 Å². The fourth-order valence-corrected chi connectivity index (χ4v) is 5.70. The summed E-state index contributed by atoms with van der Waals surface area (Å²) in [6.07, 6.45) is 5.86. The molecule has 2 aromatic rings. The maximum atomic E-state index is 12.8. The van der Waals surface area contributed by atoms with Crippen molar-refractivity contribution in [3.05, 3.63) is 26.6 Å². The van der Waals surface area contributed by atoms with Gasteiger partial charge in [0.1, 0.15) is 10.7 Å². The Morgan fingerprint density at radius 1 is 1.29 bits per heavy atom. The lowest BCUT2D eigenvalue weighted by molar-refractivity contribution is 0.134. The van der Waals surface area contributed by atoms with Crippen molar-refractivity contribution in [2.24, 2.45) is 11.8 Å². The first-order valence-corrected chi connectivity index (χ1v) is 10.1. The number of nitrogens with zero attached hydrogens (tertiary/aromatic N) is 2. The van der Waals surface area contributed by atoms with Crippen LogP contribution in [0.25, 0.3) is 10.2 Å². The van der Waals surface area contributed by atoms with Gasteiger partial charge in [-0.25, -0.2) is 4.98 Å². The maximum absolute atomic E-state index is 12.8. The summed E-state index contributed by atoms with van der Waals surface area (Å²) in [5, 5.41) is 0.866. The normalized spacial score (nSPS) is 26.5. The summed E-state index contributed by atoms with van der Waals surface area (Å²) in [4.78, 5) is 25.6. The van der Waals surface area contributed by atoms with Crippen molar-refractivity contribution in [3.8, 4) is 0 Å². The number of piperidine rings is 1. The van der Waals surface area contributed by atoms with Crippen molar-refractivity contribution in [1.29, 1.82) is 0 Å². The number of likely N-dealkylation sites (tertiary alicyclic amines) is 1. The predicted octanol–water partition coefficient (Wildman–Crippen LogP) is 3.90. The smallest absolute Gasteiger partial charge is 0.259 e. The molecule has 0 amide bonds. The molecule has 5 heteroatoms. The number of hydrogen-bond acceptors (Lipinski definition) is 4. The second-order valence-corrected chi connectivity index (χ2v) is 8.99. The average Bonchev–Trinajstić information content (AvgIpc) is 2.91. The quantitative estimate of drug-likeness (QED) is 0.898. The molecule has 3 atom stereocenters. The zero-order valence-corrected chi connectivity index (χ0v) is 15.7. The minimum Gasteiger partial charge on any atom is -0.309 e. The van der Waals surface area contributed by atoms with Gasteiger partial charge in [-0.3, -0.25) is 9.69 Å². The summed E-state index contributed by atoms with van der Waals surface area (Å²) in [5.41, 5.74) is 1.34. The molecule has 130 valence electrons. The molecular formula is C19H27N3OS. The van der Waals surface area contributed by atoms with Crippen LogP contribution >= 0.6 is 11.3 Å². The highest BCUT2D eigenvalue weighted by Crippen LogP contribution is 2.36.